The Morgan fingerprint density at radius 3 is 2.44 bits per heavy atom. The van der Waals surface area contributed by atoms with E-state index >= 15 is 4.39 Å². The van der Waals surface area contributed by atoms with Gasteiger partial charge >= 0.3 is 6.01 Å². The van der Waals surface area contributed by atoms with Crippen LogP contribution < -0.4 is 15.0 Å². The van der Waals surface area contributed by atoms with Gasteiger partial charge in [-0.1, -0.05) is 61.8 Å². The molecule has 1 N–H and O–H groups in total. The topological polar surface area (TPSA) is 77.3 Å². The van der Waals surface area contributed by atoms with Gasteiger partial charge in [0.15, 0.2) is 5.82 Å². The Kier molecular flexibility index (Phi) is 10.7. The van der Waals surface area contributed by atoms with Gasteiger partial charge in [-0.15, -0.1) is 0 Å². The van der Waals surface area contributed by atoms with Crippen molar-refractivity contribution in [1.82, 2.24) is 20.2 Å². The van der Waals surface area contributed by atoms with Crippen molar-refractivity contribution in [3.63, 3.8) is 0 Å². The van der Waals surface area contributed by atoms with Gasteiger partial charge in [0.25, 0.3) is 0 Å². The molecule has 6 rings (SSSR count). The predicted octanol–water partition coefficient (Wildman–Crippen LogP) is 6.68. The lowest BCUT2D eigenvalue weighted by Gasteiger charge is -2.34. The fourth-order valence-corrected chi connectivity index (χ4v) is 5.61. The molecule has 1 atom stereocenters. The summed E-state index contributed by atoms with van der Waals surface area (Å²) in [6.45, 7) is 8.61. The Labute approximate surface area is 246 Å². The molecule has 1 aromatic heterocycles. The van der Waals surface area contributed by atoms with Gasteiger partial charge < -0.3 is 19.9 Å². The summed E-state index contributed by atoms with van der Waals surface area (Å²) >= 11 is 6.49. The van der Waals surface area contributed by atoms with Gasteiger partial charge in [0, 0.05) is 47.0 Å². The zero-order chi connectivity index (χ0) is 29.4. The van der Waals surface area contributed by atoms with Crippen LogP contribution in [0, 0.1) is 17.1 Å². The molecular formula is C32H38ClFN6O. The highest BCUT2D eigenvalue weighted by atomic mass is 35.5. The van der Waals surface area contributed by atoms with Crippen molar-refractivity contribution >= 4 is 39.1 Å². The number of anilines is 1. The Bertz CT molecular complexity index is 1510. The molecule has 2 aliphatic rings. The molecule has 2 saturated heterocycles. The first kappa shape index (κ1) is 30.4. The SMILES string of the molecule is CC.CN1CCCC1.COc1nc(N2CCNC(CC#N)C2)c2ccc(-c3cccc4cccc(Cl)c34)c(F)c2n1. The Balaban J connectivity index is 0.000000424. The van der Waals surface area contributed by atoms with E-state index in [4.69, 9.17) is 21.6 Å². The molecule has 0 amide bonds. The highest BCUT2D eigenvalue weighted by molar-refractivity contribution is 6.36. The molecule has 216 valence electrons. The third-order valence-corrected chi connectivity index (χ3v) is 7.63. The van der Waals surface area contributed by atoms with E-state index in [0.717, 1.165) is 10.8 Å². The number of fused-ring (bicyclic) bond motifs is 2. The second-order valence-electron chi connectivity index (χ2n) is 9.97. The summed E-state index contributed by atoms with van der Waals surface area (Å²) in [6.07, 6.45) is 3.21. The minimum atomic E-state index is -0.453. The largest absolute Gasteiger partial charge is 0.467 e. The molecule has 41 heavy (non-hydrogen) atoms. The van der Waals surface area contributed by atoms with E-state index in [-0.39, 0.29) is 17.6 Å². The van der Waals surface area contributed by atoms with Gasteiger partial charge in [0.2, 0.25) is 0 Å². The number of rotatable bonds is 4. The first-order valence-electron chi connectivity index (χ1n) is 14.3. The lowest BCUT2D eigenvalue weighted by Crippen LogP contribution is -2.50. The number of benzene rings is 3. The summed E-state index contributed by atoms with van der Waals surface area (Å²) in [5, 5.41) is 15.3. The molecule has 1 unspecified atom stereocenters. The van der Waals surface area contributed by atoms with Crippen LogP contribution >= 0.6 is 11.6 Å². The average Bonchev–Trinajstić information content (AvgIpc) is 3.49. The van der Waals surface area contributed by atoms with Gasteiger partial charge in [0.1, 0.15) is 11.3 Å². The molecular weight excluding hydrogens is 539 g/mol. The standard InChI is InChI=1S/C25H21ClFN5O.C5H11N.C2H6/c1-33-25-30-23-19(24(31-25)32-13-12-29-16(14-32)10-11-28)9-8-18(22(23)27)17-6-2-4-15-5-3-7-20(26)21(15)17;1-6-4-2-3-5-6;1-2/h2-9,16,29H,10,12-14H2,1H3;2-5H2,1H3;1-2H3. The van der Waals surface area contributed by atoms with E-state index in [1.165, 1.54) is 33.0 Å². The second kappa shape index (κ2) is 14.4. The maximum atomic E-state index is 16.0. The highest BCUT2D eigenvalue weighted by Gasteiger charge is 2.25. The number of nitrogens with one attached hydrogen (secondary N) is 1. The monoisotopic (exact) mass is 576 g/mol. The molecule has 7 nitrogen and oxygen atoms in total. The molecule has 0 aliphatic carbocycles. The van der Waals surface area contributed by atoms with Gasteiger partial charge in [-0.05, 0) is 56.1 Å². The Hall–Kier alpha value is -3.51. The fraction of sp³-hybridized carbons (Fsp3) is 0.406. The minimum Gasteiger partial charge on any atom is -0.467 e. The van der Waals surface area contributed by atoms with Crippen LogP contribution in [0.2, 0.25) is 5.02 Å². The predicted molar refractivity (Wildman–Crippen MR) is 166 cm³/mol. The summed E-state index contributed by atoms with van der Waals surface area (Å²) in [5.41, 5.74) is 1.30. The molecule has 0 bridgehead atoms. The van der Waals surface area contributed by atoms with Crippen LogP contribution in [0.1, 0.15) is 33.1 Å². The van der Waals surface area contributed by atoms with Gasteiger partial charge in [-0.25, -0.2) is 4.39 Å². The van der Waals surface area contributed by atoms with Crippen LogP contribution in [0.3, 0.4) is 0 Å². The van der Waals surface area contributed by atoms with E-state index in [2.05, 4.69) is 38.2 Å². The maximum Gasteiger partial charge on any atom is 0.318 e. The number of piperazine rings is 1. The highest BCUT2D eigenvalue weighted by Crippen LogP contribution is 2.38. The van der Waals surface area contributed by atoms with Crippen LogP contribution in [0.4, 0.5) is 10.2 Å². The minimum absolute atomic E-state index is 0.0155. The van der Waals surface area contributed by atoms with E-state index in [1.54, 1.807) is 12.1 Å². The van der Waals surface area contributed by atoms with E-state index in [1.807, 2.05) is 50.2 Å². The number of likely N-dealkylation sites (tertiary alicyclic amines) is 1. The normalized spacial score (nSPS) is 16.9. The van der Waals surface area contributed by atoms with Crippen molar-refractivity contribution in [1.29, 1.82) is 5.26 Å². The molecule has 3 heterocycles. The van der Waals surface area contributed by atoms with Crippen LogP contribution in [0.15, 0.2) is 48.5 Å². The van der Waals surface area contributed by atoms with Crippen molar-refractivity contribution in [2.45, 2.75) is 39.2 Å². The Morgan fingerprint density at radius 1 is 1.05 bits per heavy atom. The van der Waals surface area contributed by atoms with Gasteiger partial charge in [-0.2, -0.15) is 15.2 Å². The number of ether oxygens (including phenoxy) is 1. The van der Waals surface area contributed by atoms with E-state index < -0.39 is 5.82 Å². The lowest BCUT2D eigenvalue weighted by molar-refractivity contribution is 0.380. The quantitative estimate of drug-likeness (QED) is 0.290. The molecule has 3 aromatic carbocycles. The fourth-order valence-electron chi connectivity index (χ4n) is 5.33. The number of aromatic nitrogens is 2. The van der Waals surface area contributed by atoms with Crippen molar-refractivity contribution in [3.05, 3.63) is 59.4 Å². The molecule has 2 fully saturated rings. The van der Waals surface area contributed by atoms with Crippen LogP contribution in [-0.4, -0.2) is 67.8 Å². The molecule has 0 spiro atoms. The number of hydrogen-bond acceptors (Lipinski definition) is 7. The number of nitrogens with zero attached hydrogens (tertiary/aromatic N) is 5. The molecule has 0 saturated carbocycles. The molecule has 9 heteroatoms. The van der Waals surface area contributed by atoms with Crippen LogP contribution in [-0.2, 0) is 0 Å². The summed E-state index contributed by atoms with van der Waals surface area (Å²) in [6, 6.07) is 17.3. The van der Waals surface area contributed by atoms with Crippen molar-refractivity contribution < 1.29 is 9.13 Å². The maximum absolute atomic E-state index is 16.0. The summed E-state index contributed by atoms with van der Waals surface area (Å²) in [5.74, 6) is 0.147. The summed E-state index contributed by atoms with van der Waals surface area (Å²) in [7, 11) is 3.64. The Morgan fingerprint density at radius 2 is 1.78 bits per heavy atom. The van der Waals surface area contributed by atoms with Crippen molar-refractivity contribution in [2.75, 3.05) is 51.8 Å². The number of methoxy groups -OCH3 is 1. The average molecular weight is 577 g/mol. The first-order chi connectivity index (χ1) is 20.0. The lowest BCUT2D eigenvalue weighted by atomic mass is 9.96. The zero-order valence-electron chi connectivity index (χ0n) is 24.3. The van der Waals surface area contributed by atoms with E-state index in [0.29, 0.717) is 53.4 Å². The van der Waals surface area contributed by atoms with Crippen molar-refractivity contribution in [3.8, 4) is 23.2 Å². The van der Waals surface area contributed by atoms with Crippen LogP contribution in [0.25, 0.3) is 32.8 Å². The summed E-state index contributed by atoms with van der Waals surface area (Å²) < 4.78 is 21.3. The third kappa shape index (κ3) is 6.87. The third-order valence-electron chi connectivity index (χ3n) is 7.32. The number of halogens is 2. The molecule has 4 aromatic rings. The van der Waals surface area contributed by atoms with E-state index in [9.17, 15) is 0 Å². The smallest absolute Gasteiger partial charge is 0.318 e. The van der Waals surface area contributed by atoms with Crippen molar-refractivity contribution in [2.24, 2.45) is 0 Å². The second-order valence-corrected chi connectivity index (χ2v) is 10.4. The van der Waals surface area contributed by atoms with Gasteiger partial charge in [0.05, 0.1) is 19.6 Å². The molecule has 2 aliphatic heterocycles. The van der Waals surface area contributed by atoms with Gasteiger partial charge in [-0.3, -0.25) is 0 Å². The molecule has 0 radical (unpaired) electrons. The zero-order valence-corrected chi connectivity index (χ0v) is 25.0. The van der Waals surface area contributed by atoms with Crippen LogP contribution in [0.5, 0.6) is 6.01 Å². The number of hydrogen-bond donors (Lipinski definition) is 1. The first-order valence-corrected chi connectivity index (χ1v) is 14.6. The number of nitriles is 1. The summed E-state index contributed by atoms with van der Waals surface area (Å²) in [4.78, 5) is 13.3.